The van der Waals surface area contributed by atoms with Gasteiger partial charge < -0.3 is 10.6 Å². The lowest BCUT2D eigenvalue weighted by molar-refractivity contribution is 0.601. The van der Waals surface area contributed by atoms with Gasteiger partial charge in [0.25, 0.3) is 0 Å². The number of hydrogen-bond acceptors (Lipinski definition) is 6. The fourth-order valence-corrected chi connectivity index (χ4v) is 1.78. The van der Waals surface area contributed by atoms with Crippen LogP contribution in [-0.2, 0) is 9.84 Å². The van der Waals surface area contributed by atoms with Crippen molar-refractivity contribution in [2.24, 2.45) is 0 Å². The summed E-state index contributed by atoms with van der Waals surface area (Å²) in [7, 11) is -1.30. The molecular weight excluding hydrogens is 240 g/mol. The van der Waals surface area contributed by atoms with E-state index in [0.29, 0.717) is 18.1 Å². The Bertz CT molecular complexity index is 548. The summed E-state index contributed by atoms with van der Waals surface area (Å²) in [6, 6.07) is 5.11. The van der Waals surface area contributed by atoms with Gasteiger partial charge in [-0.2, -0.15) is 5.26 Å². The van der Waals surface area contributed by atoms with Crippen LogP contribution in [0.4, 0.5) is 11.5 Å². The van der Waals surface area contributed by atoms with E-state index in [4.69, 9.17) is 11.0 Å². The number of nitrogen functional groups attached to an aromatic ring is 1. The van der Waals surface area contributed by atoms with Gasteiger partial charge in [-0.05, 0) is 12.1 Å². The van der Waals surface area contributed by atoms with Gasteiger partial charge in [0.15, 0.2) is 5.69 Å². The molecule has 0 aliphatic carbocycles. The average molecular weight is 254 g/mol. The summed E-state index contributed by atoms with van der Waals surface area (Å²) in [5, 5.41) is 8.78. The fourth-order valence-electron chi connectivity index (χ4n) is 1.18. The summed E-state index contributed by atoms with van der Waals surface area (Å²) in [6.45, 7) is 0.320. The second-order valence-electron chi connectivity index (χ2n) is 3.77. The summed E-state index contributed by atoms with van der Waals surface area (Å²) in [5.41, 5.74) is 6.00. The Labute approximate surface area is 101 Å². The highest BCUT2D eigenvalue weighted by Crippen LogP contribution is 2.14. The Hall–Kier alpha value is -1.81. The van der Waals surface area contributed by atoms with Crippen molar-refractivity contribution in [3.05, 3.63) is 17.8 Å². The summed E-state index contributed by atoms with van der Waals surface area (Å²) in [4.78, 5) is 5.70. The molecule has 0 aliphatic heterocycles. The normalized spacial score (nSPS) is 10.9. The van der Waals surface area contributed by atoms with Gasteiger partial charge in [-0.3, -0.25) is 0 Å². The first-order valence-corrected chi connectivity index (χ1v) is 6.95. The van der Waals surface area contributed by atoms with E-state index >= 15 is 0 Å². The minimum atomic E-state index is -3.01. The summed E-state index contributed by atoms with van der Waals surface area (Å²) in [5.74, 6) is 0.566. The minimum Gasteiger partial charge on any atom is -0.396 e. The number of hydrogen-bond donors (Lipinski definition) is 1. The molecule has 0 atom stereocenters. The first-order chi connectivity index (χ1) is 7.83. The van der Waals surface area contributed by atoms with Crippen molar-refractivity contribution in [3.8, 4) is 6.07 Å². The van der Waals surface area contributed by atoms with Crippen molar-refractivity contribution >= 4 is 21.3 Å². The van der Waals surface area contributed by atoms with E-state index in [9.17, 15) is 8.42 Å². The van der Waals surface area contributed by atoms with E-state index in [1.54, 1.807) is 24.1 Å². The van der Waals surface area contributed by atoms with Gasteiger partial charge in [0, 0.05) is 19.8 Å². The highest BCUT2D eigenvalue weighted by molar-refractivity contribution is 7.90. The molecule has 0 unspecified atom stereocenters. The number of nitrogens with zero attached hydrogens (tertiary/aromatic N) is 3. The van der Waals surface area contributed by atoms with E-state index in [1.807, 2.05) is 6.07 Å². The molecule has 1 heterocycles. The summed E-state index contributed by atoms with van der Waals surface area (Å²) in [6.07, 6.45) is 1.18. The minimum absolute atomic E-state index is 0.0391. The maximum atomic E-state index is 11.0. The number of aromatic nitrogens is 1. The van der Waals surface area contributed by atoms with E-state index in [2.05, 4.69) is 4.98 Å². The van der Waals surface area contributed by atoms with E-state index in [-0.39, 0.29) is 11.4 Å². The highest BCUT2D eigenvalue weighted by atomic mass is 32.2. The predicted molar refractivity (Wildman–Crippen MR) is 66.3 cm³/mol. The molecule has 0 saturated carbocycles. The zero-order valence-corrected chi connectivity index (χ0v) is 10.5. The summed E-state index contributed by atoms with van der Waals surface area (Å²) >= 11 is 0. The maximum Gasteiger partial charge on any atom is 0.165 e. The Kier molecular flexibility index (Phi) is 3.91. The van der Waals surface area contributed by atoms with Gasteiger partial charge >= 0.3 is 0 Å². The van der Waals surface area contributed by atoms with Crippen LogP contribution < -0.4 is 10.6 Å². The van der Waals surface area contributed by atoms with Crippen molar-refractivity contribution < 1.29 is 8.42 Å². The Morgan fingerprint density at radius 3 is 2.71 bits per heavy atom. The molecule has 7 heteroatoms. The number of pyridine rings is 1. The summed E-state index contributed by atoms with van der Waals surface area (Å²) < 4.78 is 22.0. The van der Waals surface area contributed by atoms with Gasteiger partial charge in [-0.15, -0.1) is 0 Å². The van der Waals surface area contributed by atoms with Crippen LogP contribution >= 0.6 is 0 Å². The molecule has 2 N–H and O–H groups in total. The third-order valence-corrected chi connectivity index (χ3v) is 3.13. The van der Waals surface area contributed by atoms with Crippen molar-refractivity contribution in [1.29, 1.82) is 5.26 Å². The standard InChI is InChI=1S/C10H14N4O2S/c1-14(5-6-17(2,15)16)10-4-3-8(12)9(7-11)13-10/h3-4H,5-6,12H2,1-2H3. The van der Waals surface area contributed by atoms with Crippen molar-refractivity contribution in [2.75, 3.05) is 36.2 Å². The van der Waals surface area contributed by atoms with Gasteiger partial charge in [-0.1, -0.05) is 0 Å². The van der Waals surface area contributed by atoms with Crippen LogP contribution in [0.25, 0.3) is 0 Å². The highest BCUT2D eigenvalue weighted by Gasteiger charge is 2.09. The van der Waals surface area contributed by atoms with Crippen LogP contribution in [0, 0.1) is 11.3 Å². The lowest BCUT2D eigenvalue weighted by Crippen LogP contribution is -2.25. The van der Waals surface area contributed by atoms with Crippen LogP contribution in [0.15, 0.2) is 12.1 Å². The SMILES string of the molecule is CN(CCS(C)(=O)=O)c1ccc(N)c(C#N)n1. The molecule has 92 valence electrons. The largest absolute Gasteiger partial charge is 0.396 e. The monoisotopic (exact) mass is 254 g/mol. The lowest BCUT2D eigenvalue weighted by Gasteiger charge is -2.17. The Balaban J connectivity index is 2.83. The molecule has 17 heavy (non-hydrogen) atoms. The molecule has 0 amide bonds. The van der Waals surface area contributed by atoms with Gasteiger partial charge in [-0.25, -0.2) is 13.4 Å². The zero-order valence-electron chi connectivity index (χ0n) is 9.71. The molecule has 0 radical (unpaired) electrons. The van der Waals surface area contributed by atoms with Crippen LogP contribution in [0.2, 0.25) is 0 Å². The molecule has 1 aromatic rings. The van der Waals surface area contributed by atoms with Crippen molar-refractivity contribution in [3.63, 3.8) is 0 Å². The number of sulfone groups is 1. The molecular formula is C10H14N4O2S. The lowest BCUT2D eigenvalue weighted by atomic mass is 10.3. The van der Waals surface area contributed by atoms with Crippen molar-refractivity contribution in [1.82, 2.24) is 4.98 Å². The van der Waals surface area contributed by atoms with Crippen LogP contribution in [-0.4, -0.2) is 39.0 Å². The van der Waals surface area contributed by atoms with Crippen LogP contribution in [0.5, 0.6) is 0 Å². The smallest absolute Gasteiger partial charge is 0.165 e. The quantitative estimate of drug-likeness (QED) is 0.812. The number of nitrogens with two attached hydrogens (primary N) is 1. The number of nitriles is 1. The van der Waals surface area contributed by atoms with E-state index in [1.165, 1.54) is 6.26 Å². The topological polar surface area (TPSA) is 100 Å². The number of anilines is 2. The average Bonchev–Trinajstić information content (AvgIpc) is 2.25. The van der Waals surface area contributed by atoms with E-state index in [0.717, 1.165) is 0 Å². The van der Waals surface area contributed by atoms with Crippen molar-refractivity contribution in [2.45, 2.75) is 0 Å². The second kappa shape index (κ2) is 5.01. The van der Waals surface area contributed by atoms with Crippen LogP contribution in [0.3, 0.4) is 0 Å². The van der Waals surface area contributed by atoms with E-state index < -0.39 is 9.84 Å². The molecule has 0 spiro atoms. The fraction of sp³-hybridized carbons (Fsp3) is 0.400. The molecule has 0 aromatic carbocycles. The molecule has 0 aliphatic rings. The zero-order chi connectivity index (χ0) is 13.1. The van der Waals surface area contributed by atoms with Crippen LogP contribution in [0.1, 0.15) is 5.69 Å². The molecule has 0 saturated heterocycles. The first kappa shape index (κ1) is 13.3. The Morgan fingerprint density at radius 2 is 2.18 bits per heavy atom. The number of rotatable bonds is 4. The van der Waals surface area contributed by atoms with Gasteiger partial charge in [0.1, 0.15) is 21.7 Å². The maximum absolute atomic E-state index is 11.0. The molecule has 0 fully saturated rings. The molecule has 0 bridgehead atoms. The predicted octanol–water partition coefficient (Wildman–Crippen LogP) is 0.0163. The third-order valence-electron chi connectivity index (χ3n) is 2.21. The first-order valence-electron chi connectivity index (χ1n) is 4.89. The molecule has 6 nitrogen and oxygen atoms in total. The second-order valence-corrected chi connectivity index (χ2v) is 6.03. The Morgan fingerprint density at radius 1 is 1.53 bits per heavy atom. The molecule has 1 aromatic heterocycles. The molecule has 1 rings (SSSR count). The van der Waals surface area contributed by atoms with Gasteiger partial charge in [0.2, 0.25) is 0 Å². The van der Waals surface area contributed by atoms with Gasteiger partial charge in [0.05, 0.1) is 11.4 Å². The third kappa shape index (κ3) is 3.92.